The Balaban J connectivity index is 0.00000144. The van der Waals surface area contributed by atoms with Crippen LogP contribution in [-0.2, 0) is 4.79 Å². The van der Waals surface area contributed by atoms with Gasteiger partial charge >= 0.3 is 0 Å². The molecule has 9 nitrogen and oxygen atoms in total. The van der Waals surface area contributed by atoms with Crippen molar-refractivity contribution < 1.29 is 4.79 Å². The Hall–Kier alpha value is -2.68. The molecule has 1 amide bonds. The lowest BCUT2D eigenvalue weighted by Crippen LogP contribution is -2.45. The molecule has 2 aromatic heterocycles. The molecular weight excluding hydrogens is 476 g/mol. The molecule has 2 aromatic rings. The number of fused-ring (bicyclic) bond motifs is 1. The Morgan fingerprint density at radius 2 is 1.89 bits per heavy atom. The summed E-state index contributed by atoms with van der Waals surface area (Å²) >= 11 is 0. The van der Waals surface area contributed by atoms with Crippen LogP contribution in [0, 0.1) is 0 Å². The zero-order valence-corrected chi connectivity index (χ0v) is 23.2. The first kappa shape index (κ1) is 26.9. The predicted molar refractivity (Wildman–Crippen MR) is 150 cm³/mol. The van der Waals surface area contributed by atoms with Gasteiger partial charge in [-0.3, -0.25) is 9.79 Å². The van der Waals surface area contributed by atoms with Gasteiger partial charge in [-0.05, 0) is 64.3 Å². The quantitative estimate of drug-likeness (QED) is 0.427. The third-order valence-corrected chi connectivity index (χ3v) is 8.83. The Labute approximate surface area is 227 Å². The molecule has 0 bridgehead atoms. The molecule has 4 N–H and O–H groups in total. The van der Waals surface area contributed by atoms with Crippen LogP contribution in [-0.4, -0.2) is 55.9 Å². The Kier molecular flexibility index (Phi) is 9.14. The minimum atomic E-state index is -0.156. The zero-order chi connectivity index (χ0) is 26.3. The molecule has 6 rings (SSSR count). The van der Waals surface area contributed by atoms with Crippen molar-refractivity contribution in [2.24, 2.45) is 4.99 Å². The van der Waals surface area contributed by atoms with Gasteiger partial charge in [-0.2, -0.15) is 0 Å². The van der Waals surface area contributed by atoms with Gasteiger partial charge in [0.2, 0.25) is 0 Å². The number of carbonyl (C=O) groups is 1. The number of hydrogen-bond donors (Lipinski definition) is 4. The highest BCUT2D eigenvalue weighted by Gasteiger charge is 2.35. The van der Waals surface area contributed by atoms with Gasteiger partial charge in [-0.15, -0.1) is 0 Å². The molecular formula is C29H46N8O. The fourth-order valence-corrected chi connectivity index (χ4v) is 6.72. The maximum Gasteiger partial charge on any atom is 0.286 e. The van der Waals surface area contributed by atoms with Crippen molar-refractivity contribution in [2.75, 3.05) is 6.54 Å². The van der Waals surface area contributed by atoms with Crippen LogP contribution in [0.15, 0.2) is 29.9 Å². The summed E-state index contributed by atoms with van der Waals surface area (Å²) < 4.78 is 2.24. The zero-order valence-electron chi connectivity index (χ0n) is 23.2. The predicted octanol–water partition coefficient (Wildman–Crippen LogP) is 4.53. The number of amidine groups is 1. The highest BCUT2D eigenvalue weighted by atomic mass is 16.2. The lowest BCUT2D eigenvalue weighted by atomic mass is 9.84. The van der Waals surface area contributed by atoms with Gasteiger partial charge < -0.3 is 25.5 Å². The number of amides is 1. The van der Waals surface area contributed by atoms with E-state index in [1.807, 2.05) is 32.6 Å². The fourth-order valence-electron chi connectivity index (χ4n) is 6.72. The normalized spacial score (nSPS) is 29.7. The highest BCUT2D eigenvalue weighted by molar-refractivity contribution is 6.38. The minimum Gasteiger partial charge on any atom is -0.361 e. The molecule has 0 spiro atoms. The van der Waals surface area contributed by atoms with Crippen molar-refractivity contribution in [3.05, 3.63) is 36.4 Å². The maximum absolute atomic E-state index is 13.3. The molecule has 9 heteroatoms. The summed E-state index contributed by atoms with van der Waals surface area (Å²) in [7, 11) is 0. The van der Waals surface area contributed by atoms with Gasteiger partial charge in [0.05, 0.1) is 24.5 Å². The second kappa shape index (κ2) is 12.9. The van der Waals surface area contributed by atoms with Gasteiger partial charge in [0, 0.05) is 42.3 Å². The molecule has 0 aromatic carbocycles. The average molecular weight is 523 g/mol. The molecule has 4 atom stereocenters. The number of nitrogens with one attached hydrogen (secondary N) is 4. The summed E-state index contributed by atoms with van der Waals surface area (Å²) in [6, 6.07) is 1.36. The number of aromatic amines is 1. The van der Waals surface area contributed by atoms with Crippen molar-refractivity contribution in [1.29, 1.82) is 0 Å². The van der Waals surface area contributed by atoms with Gasteiger partial charge in [-0.25, -0.2) is 9.97 Å². The fraction of sp³-hybridized carbons (Fsp3) is 0.724. The van der Waals surface area contributed by atoms with Gasteiger partial charge in [0.15, 0.2) is 5.84 Å². The van der Waals surface area contributed by atoms with Crippen LogP contribution in [0.4, 0.5) is 0 Å². The summed E-state index contributed by atoms with van der Waals surface area (Å²) in [5.74, 6) is 1.78. The first-order valence-electron chi connectivity index (χ1n) is 15.1. The maximum atomic E-state index is 13.3. The second-order valence-electron chi connectivity index (χ2n) is 11.2. The largest absolute Gasteiger partial charge is 0.361 e. The van der Waals surface area contributed by atoms with Crippen LogP contribution >= 0.6 is 0 Å². The standard InChI is InChI=1S/C27H40N8O.C2H6/c36-27(26-31-21-6-1-2-7-22(21)32-26)34-23(15-19-5-3-4-12-29-19)25-30-16-24(33-25)18-8-10-20(11-9-18)35-14-13-28-17-35;1-2/h13-14,16-23,29H,1-12,15H2,(H,30,33)(H,31,32)(H,34,36);1-2H3/t18?,19?,20?,21?,22?,23-;/m0./s1. The molecule has 2 aliphatic carbocycles. The lowest BCUT2D eigenvalue weighted by Gasteiger charge is -2.29. The number of nitrogens with zero attached hydrogens (tertiary/aromatic N) is 4. The van der Waals surface area contributed by atoms with Crippen LogP contribution in [0.1, 0.15) is 120 Å². The number of rotatable bonds is 7. The molecule has 4 heterocycles. The molecule has 3 unspecified atom stereocenters. The van der Waals surface area contributed by atoms with Crippen LogP contribution in [0.5, 0.6) is 0 Å². The van der Waals surface area contributed by atoms with E-state index in [0.29, 0.717) is 29.9 Å². The number of imidazole rings is 2. The molecule has 208 valence electrons. The number of aromatic nitrogens is 4. The van der Waals surface area contributed by atoms with Crippen molar-refractivity contribution in [3.8, 4) is 0 Å². The SMILES string of the molecule is CC.O=C(N[C@@H](CC1CCCCN1)c1ncc(C2CCC(n3ccnc3)CC2)[nH]1)C1=NC2CCCCC2N1. The minimum absolute atomic E-state index is 0.0935. The van der Waals surface area contributed by atoms with Gasteiger partial charge in [0.1, 0.15) is 5.82 Å². The van der Waals surface area contributed by atoms with E-state index in [2.05, 4.69) is 36.7 Å². The van der Waals surface area contributed by atoms with Crippen molar-refractivity contribution in [1.82, 2.24) is 35.5 Å². The van der Waals surface area contributed by atoms with Crippen molar-refractivity contribution in [2.45, 2.75) is 127 Å². The lowest BCUT2D eigenvalue weighted by molar-refractivity contribution is -0.115. The average Bonchev–Trinajstić information content (AvgIpc) is 3.75. The number of hydrogen-bond acceptors (Lipinski definition) is 6. The molecule has 2 aliphatic heterocycles. The summed E-state index contributed by atoms with van der Waals surface area (Å²) in [5.41, 5.74) is 1.20. The topological polar surface area (TPSA) is 112 Å². The number of carbonyl (C=O) groups excluding carboxylic acids is 1. The van der Waals surface area contributed by atoms with E-state index in [1.54, 1.807) is 0 Å². The first-order chi connectivity index (χ1) is 18.7. The Bertz CT molecular complexity index is 1030. The van der Waals surface area contributed by atoms with Crippen molar-refractivity contribution >= 4 is 11.7 Å². The van der Waals surface area contributed by atoms with E-state index in [4.69, 9.17) is 9.98 Å². The van der Waals surface area contributed by atoms with Crippen LogP contribution in [0.2, 0.25) is 0 Å². The second-order valence-corrected chi connectivity index (χ2v) is 11.2. The van der Waals surface area contributed by atoms with E-state index >= 15 is 0 Å². The monoisotopic (exact) mass is 522 g/mol. The summed E-state index contributed by atoms with van der Waals surface area (Å²) in [4.78, 5) is 30.7. The molecule has 4 aliphatic rings. The van der Waals surface area contributed by atoms with E-state index < -0.39 is 0 Å². The summed E-state index contributed by atoms with van der Waals surface area (Å²) in [6.07, 6.45) is 21.5. The van der Waals surface area contributed by atoms with E-state index in [1.165, 1.54) is 31.4 Å². The smallest absolute Gasteiger partial charge is 0.286 e. The first-order valence-corrected chi connectivity index (χ1v) is 15.1. The molecule has 2 saturated carbocycles. The van der Waals surface area contributed by atoms with E-state index in [0.717, 1.165) is 63.7 Å². The van der Waals surface area contributed by atoms with Crippen LogP contribution < -0.4 is 16.0 Å². The number of piperidine rings is 1. The molecule has 38 heavy (non-hydrogen) atoms. The molecule has 3 fully saturated rings. The molecule has 0 radical (unpaired) electrons. The molecule has 1 saturated heterocycles. The Morgan fingerprint density at radius 3 is 2.63 bits per heavy atom. The Morgan fingerprint density at radius 1 is 1.08 bits per heavy atom. The van der Waals surface area contributed by atoms with Crippen LogP contribution in [0.3, 0.4) is 0 Å². The van der Waals surface area contributed by atoms with Crippen LogP contribution in [0.25, 0.3) is 0 Å². The summed E-state index contributed by atoms with van der Waals surface area (Å²) in [5, 5.41) is 10.4. The van der Waals surface area contributed by atoms with E-state index in [-0.39, 0.29) is 18.0 Å². The van der Waals surface area contributed by atoms with Gasteiger partial charge in [-0.1, -0.05) is 33.1 Å². The highest BCUT2D eigenvalue weighted by Crippen LogP contribution is 2.37. The number of H-pyrrole nitrogens is 1. The van der Waals surface area contributed by atoms with Gasteiger partial charge in [0.25, 0.3) is 5.91 Å². The summed E-state index contributed by atoms with van der Waals surface area (Å²) in [6.45, 7) is 5.05. The third kappa shape index (κ3) is 6.30. The number of aliphatic imine (C=N–C) groups is 1. The van der Waals surface area contributed by atoms with E-state index in [9.17, 15) is 4.79 Å². The third-order valence-electron chi connectivity index (χ3n) is 8.83. The van der Waals surface area contributed by atoms with Crippen molar-refractivity contribution in [3.63, 3.8) is 0 Å².